The monoisotopic (exact) mass is 428 g/mol. The number of aldehydes is 1. The highest BCUT2D eigenvalue weighted by Gasteiger charge is 2.26. The van der Waals surface area contributed by atoms with Crippen LogP contribution in [0.1, 0.15) is 33.5 Å². The van der Waals surface area contributed by atoms with Gasteiger partial charge in [-0.2, -0.15) is 5.10 Å². The fourth-order valence-corrected chi connectivity index (χ4v) is 3.45. The largest absolute Gasteiger partial charge is 0.487 e. The molecule has 2 heterocycles. The van der Waals surface area contributed by atoms with Crippen molar-refractivity contribution in [3.8, 4) is 17.4 Å². The van der Waals surface area contributed by atoms with E-state index in [1.807, 2.05) is 30.3 Å². The SMILES string of the molecule is Cc1nn(C)c(Oc2cc(OCc3ccccc3)c(Cl)cc2C2OCCO2)c1C=O. The Kier molecular flexibility index (Phi) is 6.03. The van der Waals surface area contributed by atoms with E-state index in [4.69, 9.17) is 30.5 Å². The molecule has 0 radical (unpaired) electrons. The van der Waals surface area contributed by atoms with Crippen LogP contribution in [-0.4, -0.2) is 29.3 Å². The zero-order chi connectivity index (χ0) is 21.1. The molecule has 30 heavy (non-hydrogen) atoms. The predicted octanol–water partition coefficient (Wildman–Crippen LogP) is 4.61. The number of carbonyl (C=O) groups excluding carboxylic acids is 1. The van der Waals surface area contributed by atoms with Crippen molar-refractivity contribution < 1.29 is 23.7 Å². The highest BCUT2D eigenvalue weighted by molar-refractivity contribution is 6.32. The molecule has 8 heteroatoms. The minimum absolute atomic E-state index is 0.318. The fraction of sp³-hybridized carbons (Fsp3) is 0.273. The number of nitrogens with zero attached hydrogens (tertiary/aromatic N) is 2. The Morgan fingerprint density at radius 2 is 1.93 bits per heavy atom. The lowest BCUT2D eigenvalue weighted by molar-refractivity contribution is -0.0453. The van der Waals surface area contributed by atoms with Crippen molar-refractivity contribution in [2.45, 2.75) is 19.8 Å². The van der Waals surface area contributed by atoms with E-state index >= 15 is 0 Å². The normalized spacial score (nSPS) is 14.1. The molecule has 0 aliphatic carbocycles. The van der Waals surface area contributed by atoms with Crippen LogP contribution in [-0.2, 0) is 23.1 Å². The van der Waals surface area contributed by atoms with Crippen molar-refractivity contribution in [1.82, 2.24) is 9.78 Å². The summed E-state index contributed by atoms with van der Waals surface area (Å²) in [6, 6.07) is 13.2. The number of aryl methyl sites for hydroxylation is 2. The number of ether oxygens (including phenoxy) is 4. The maximum atomic E-state index is 11.5. The van der Waals surface area contributed by atoms with Gasteiger partial charge in [-0.15, -0.1) is 0 Å². The Balaban J connectivity index is 1.69. The second-order valence-corrected chi connectivity index (χ2v) is 7.22. The van der Waals surface area contributed by atoms with Gasteiger partial charge in [0.25, 0.3) is 0 Å². The van der Waals surface area contributed by atoms with E-state index in [1.165, 1.54) is 4.68 Å². The van der Waals surface area contributed by atoms with Crippen molar-refractivity contribution in [3.05, 3.63) is 69.9 Å². The first-order valence-corrected chi connectivity index (χ1v) is 9.84. The third-order valence-electron chi connectivity index (χ3n) is 4.72. The van der Waals surface area contributed by atoms with Gasteiger partial charge in [0.05, 0.1) is 35.1 Å². The van der Waals surface area contributed by atoms with Crippen LogP contribution in [0.3, 0.4) is 0 Å². The molecule has 1 aliphatic rings. The van der Waals surface area contributed by atoms with Gasteiger partial charge in [0.1, 0.15) is 18.1 Å². The van der Waals surface area contributed by atoms with E-state index in [0.717, 1.165) is 11.8 Å². The average Bonchev–Trinajstić information content (AvgIpc) is 3.37. The van der Waals surface area contributed by atoms with Gasteiger partial charge in [-0.25, -0.2) is 4.68 Å². The standard InChI is InChI=1S/C22H21ClN2O5/c1-14-17(12-26)21(25(2)24-14)30-19-11-20(29-13-15-6-4-3-5-7-15)18(23)10-16(19)22-27-8-9-28-22/h3-7,10-12,22H,8-9,13H2,1-2H3. The molecular weight excluding hydrogens is 408 g/mol. The van der Waals surface area contributed by atoms with Crippen LogP contribution in [0.2, 0.25) is 5.02 Å². The summed E-state index contributed by atoms with van der Waals surface area (Å²) in [5, 5.41) is 4.67. The summed E-state index contributed by atoms with van der Waals surface area (Å²) in [5.74, 6) is 1.18. The van der Waals surface area contributed by atoms with Crippen LogP contribution >= 0.6 is 11.6 Å². The summed E-state index contributed by atoms with van der Waals surface area (Å²) in [6.07, 6.45) is 0.109. The second kappa shape index (κ2) is 8.87. The molecule has 156 valence electrons. The van der Waals surface area contributed by atoms with Gasteiger partial charge in [-0.1, -0.05) is 41.9 Å². The van der Waals surface area contributed by atoms with E-state index < -0.39 is 6.29 Å². The zero-order valence-corrected chi connectivity index (χ0v) is 17.4. The van der Waals surface area contributed by atoms with Gasteiger partial charge in [0, 0.05) is 13.1 Å². The Labute approximate surface area is 179 Å². The topological polar surface area (TPSA) is 71.8 Å². The number of aromatic nitrogens is 2. The molecule has 0 spiro atoms. The van der Waals surface area contributed by atoms with E-state index in [-0.39, 0.29) is 0 Å². The predicted molar refractivity (Wildman–Crippen MR) is 110 cm³/mol. The van der Waals surface area contributed by atoms with Gasteiger partial charge in [0.15, 0.2) is 12.6 Å². The van der Waals surface area contributed by atoms with Crippen molar-refractivity contribution in [2.75, 3.05) is 13.2 Å². The maximum Gasteiger partial charge on any atom is 0.228 e. The van der Waals surface area contributed by atoms with Crippen molar-refractivity contribution in [3.63, 3.8) is 0 Å². The van der Waals surface area contributed by atoms with Crippen molar-refractivity contribution in [1.29, 1.82) is 0 Å². The molecule has 4 rings (SSSR count). The molecule has 7 nitrogen and oxygen atoms in total. The molecule has 0 atom stereocenters. The molecular formula is C22H21ClN2O5. The number of hydrogen-bond donors (Lipinski definition) is 0. The minimum atomic E-state index is -0.616. The minimum Gasteiger partial charge on any atom is -0.487 e. The van der Waals surface area contributed by atoms with Gasteiger partial charge in [-0.3, -0.25) is 4.79 Å². The quantitative estimate of drug-likeness (QED) is 0.512. The third-order valence-corrected chi connectivity index (χ3v) is 5.01. The smallest absolute Gasteiger partial charge is 0.228 e. The lowest BCUT2D eigenvalue weighted by Crippen LogP contribution is -2.05. The third kappa shape index (κ3) is 4.18. The van der Waals surface area contributed by atoms with Crippen molar-refractivity contribution in [2.24, 2.45) is 7.05 Å². The molecule has 1 aromatic heterocycles. The highest BCUT2D eigenvalue weighted by Crippen LogP contribution is 2.41. The summed E-state index contributed by atoms with van der Waals surface area (Å²) in [4.78, 5) is 11.5. The summed E-state index contributed by atoms with van der Waals surface area (Å²) in [6.45, 7) is 3.04. The van der Waals surface area contributed by atoms with Crippen LogP contribution < -0.4 is 9.47 Å². The van der Waals surface area contributed by atoms with E-state index in [9.17, 15) is 4.79 Å². The van der Waals surface area contributed by atoms with Crippen molar-refractivity contribution >= 4 is 17.9 Å². The molecule has 1 saturated heterocycles. The molecule has 2 aromatic carbocycles. The lowest BCUT2D eigenvalue weighted by atomic mass is 10.1. The number of benzene rings is 2. The van der Waals surface area contributed by atoms with Gasteiger partial charge < -0.3 is 18.9 Å². The molecule has 1 aliphatic heterocycles. The molecule has 0 bridgehead atoms. The Morgan fingerprint density at radius 1 is 1.20 bits per heavy atom. The number of rotatable bonds is 7. The van der Waals surface area contributed by atoms with Gasteiger partial charge in [-0.05, 0) is 18.6 Å². The molecule has 0 saturated carbocycles. The van der Waals surface area contributed by atoms with Gasteiger partial charge in [0.2, 0.25) is 5.88 Å². The van der Waals surface area contributed by atoms with Crippen LogP contribution in [0.4, 0.5) is 0 Å². The molecule has 1 fully saturated rings. The summed E-state index contributed by atoms with van der Waals surface area (Å²) >= 11 is 6.48. The highest BCUT2D eigenvalue weighted by atomic mass is 35.5. The molecule has 0 N–H and O–H groups in total. The number of carbonyl (C=O) groups is 1. The molecule has 3 aromatic rings. The van der Waals surface area contributed by atoms with Crippen LogP contribution in [0.5, 0.6) is 17.4 Å². The Hall–Kier alpha value is -2.87. The number of hydrogen-bond acceptors (Lipinski definition) is 6. The zero-order valence-electron chi connectivity index (χ0n) is 16.6. The first-order valence-electron chi connectivity index (χ1n) is 9.47. The fourth-order valence-electron chi connectivity index (χ4n) is 3.22. The van der Waals surface area contributed by atoms with Crippen LogP contribution in [0.15, 0.2) is 42.5 Å². The number of halogens is 1. The summed E-state index contributed by atoms with van der Waals surface area (Å²) in [7, 11) is 1.71. The summed E-state index contributed by atoms with van der Waals surface area (Å²) in [5.41, 5.74) is 2.57. The Morgan fingerprint density at radius 3 is 2.63 bits per heavy atom. The van der Waals surface area contributed by atoms with E-state index in [1.54, 1.807) is 26.1 Å². The van der Waals surface area contributed by atoms with Crippen LogP contribution in [0.25, 0.3) is 0 Å². The molecule has 0 amide bonds. The average molecular weight is 429 g/mol. The second-order valence-electron chi connectivity index (χ2n) is 6.82. The lowest BCUT2D eigenvalue weighted by Gasteiger charge is -2.18. The van der Waals surface area contributed by atoms with Gasteiger partial charge >= 0.3 is 0 Å². The van der Waals surface area contributed by atoms with E-state index in [0.29, 0.717) is 59.0 Å². The van der Waals surface area contributed by atoms with E-state index in [2.05, 4.69) is 5.10 Å². The van der Waals surface area contributed by atoms with Crippen LogP contribution in [0, 0.1) is 6.92 Å². The first-order chi connectivity index (χ1) is 14.6. The summed E-state index contributed by atoms with van der Waals surface area (Å²) < 4.78 is 24.8. The maximum absolute atomic E-state index is 11.5. The Bertz CT molecular complexity index is 1050. The first kappa shape index (κ1) is 20.4. The molecule has 0 unspecified atom stereocenters.